The lowest BCUT2D eigenvalue weighted by Crippen LogP contribution is -2.61. The van der Waals surface area contributed by atoms with Crippen LogP contribution < -0.4 is 31.1 Å². The average molecular weight is 1030 g/mol. The zero-order valence-electron chi connectivity index (χ0n) is 50.2. The monoisotopic (exact) mass is 1030 g/mol. The van der Waals surface area contributed by atoms with E-state index in [1.807, 2.05) is 0 Å². The van der Waals surface area contributed by atoms with Crippen molar-refractivity contribution in [3.8, 4) is 11.1 Å². The molecule has 0 amide bonds. The van der Waals surface area contributed by atoms with Gasteiger partial charge >= 0.3 is 0 Å². The predicted molar refractivity (Wildman–Crippen MR) is 344 cm³/mol. The molecule has 0 N–H and O–H groups in total. The van der Waals surface area contributed by atoms with Gasteiger partial charge in [0.1, 0.15) is 0 Å². The van der Waals surface area contributed by atoms with Crippen molar-refractivity contribution in [1.82, 2.24) is 0 Å². The van der Waals surface area contributed by atoms with Crippen molar-refractivity contribution in [3.05, 3.63) is 215 Å². The summed E-state index contributed by atoms with van der Waals surface area (Å²) in [6.07, 6.45) is 0. The van der Waals surface area contributed by atoms with Gasteiger partial charge in [0.2, 0.25) is 0 Å². The number of nitrogens with zero attached hydrogens (tertiary/aromatic N) is 3. The lowest BCUT2D eigenvalue weighted by Gasteiger charge is -2.45. The summed E-state index contributed by atoms with van der Waals surface area (Å²) in [6, 6.07) is 68.9. The third-order valence-corrected chi connectivity index (χ3v) is 17.8. The lowest BCUT2D eigenvalue weighted by atomic mass is 9.33. The highest BCUT2D eigenvalue weighted by Gasteiger charge is 2.46. The van der Waals surface area contributed by atoms with Crippen molar-refractivity contribution in [2.75, 3.05) is 14.7 Å². The van der Waals surface area contributed by atoms with Gasteiger partial charge in [0.15, 0.2) is 0 Å². The number of rotatable bonds is 5. The first-order valence-electron chi connectivity index (χ1n) is 29.0. The summed E-state index contributed by atoms with van der Waals surface area (Å²) in [6.45, 7) is 39.8. The molecule has 9 aromatic rings. The maximum absolute atomic E-state index is 2.64. The Morgan fingerprint density at radius 1 is 0.392 bits per heavy atom. The molecule has 3 aliphatic rings. The maximum atomic E-state index is 2.64. The Balaban J connectivity index is 1.18. The summed E-state index contributed by atoms with van der Waals surface area (Å²) in [7, 11) is 0. The van der Waals surface area contributed by atoms with Crippen LogP contribution in [0.25, 0.3) is 21.9 Å². The molecule has 2 heterocycles. The van der Waals surface area contributed by atoms with Crippen LogP contribution in [0.1, 0.15) is 157 Å². The second kappa shape index (κ2) is 17.9. The average Bonchev–Trinajstić information content (AvgIpc) is 3.47. The Morgan fingerprint density at radius 2 is 0.835 bits per heavy atom. The minimum Gasteiger partial charge on any atom is -0.311 e. The van der Waals surface area contributed by atoms with Gasteiger partial charge < -0.3 is 14.7 Å². The first kappa shape index (κ1) is 52.4. The topological polar surface area (TPSA) is 9.72 Å². The van der Waals surface area contributed by atoms with Crippen molar-refractivity contribution in [2.45, 2.75) is 150 Å². The minimum atomic E-state index is -0.347. The molecule has 79 heavy (non-hydrogen) atoms. The SMILES string of the molecule is CC(C)(C)c1ccc(N(c2ccc(C(C)(C)C)cc2)c2cc(N3c4ccc(C(C)(C)C)cc4B4c5cc(C(C)(C)C)ccc5N(c5ccc(C(C)(C)C)cc5)c5cccc3c54)cc3c2-c2ccc4ccccc4c2C3(C)C)cc1. The van der Waals surface area contributed by atoms with Gasteiger partial charge in [-0.2, -0.15) is 0 Å². The zero-order valence-corrected chi connectivity index (χ0v) is 50.2. The molecular formula is C75H80BN3. The molecule has 0 saturated heterocycles. The molecule has 0 bridgehead atoms. The molecule has 0 atom stereocenters. The Hall–Kier alpha value is -7.30. The van der Waals surface area contributed by atoms with E-state index in [4.69, 9.17) is 0 Å². The Morgan fingerprint density at radius 3 is 1.32 bits per heavy atom. The summed E-state index contributed by atoms with van der Waals surface area (Å²) in [5.74, 6) is 0. The maximum Gasteiger partial charge on any atom is 0.252 e. The van der Waals surface area contributed by atoms with Crippen LogP contribution in [-0.4, -0.2) is 6.71 Å². The number of fused-ring (bicyclic) bond motifs is 9. The van der Waals surface area contributed by atoms with Crippen molar-refractivity contribution in [1.29, 1.82) is 0 Å². The Bertz CT molecular complexity index is 3820. The smallest absolute Gasteiger partial charge is 0.252 e. The van der Waals surface area contributed by atoms with E-state index < -0.39 is 0 Å². The number of hydrogen-bond donors (Lipinski definition) is 0. The van der Waals surface area contributed by atoms with Gasteiger partial charge in [0.25, 0.3) is 6.71 Å². The molecule has 3 nitrogen and oxygen atoms in total. The minimum absolute atomic E-state index is 0.00434. The van der Waals surface area contributed by atoms with E-state index >= 15 is 0 Å². The van der Waals surface area contributed by atoms with Crippen LogP contribution in [0.5, 0.6) is 0 Å². The molecule has 1 aliphatic carbocycles. The van der Waals surface area contributed by atoms with Gasteiger partial charge in [-0.3, -0.25) is 0 Å². The molecule has 2 aliphatic heterocycles. The molecule has 0 radical (unpaired) electrons. The van der Waals surface area contributed by atoms with Gasteiger partial charge in [-0.1, -0.05) is 221 Å². The first-order chi connectivity index (χ1) is 37.1. The standard InChI is InChI=1S/C75H80BN3/c1-70(2,3)48-26-34-53(35-27-48)77(54-36-28-49(29-37-54)71(4,5)6)66-46-56(45-59-67(66)58-40-25-47-21-18-19-22-57(47)68(58)75(59,16)17)79-63-42-33-52(74(13,14)15)44-61(63)76-60-43-51(73(10,11)12)32-41-62(60)78(64-23-20-24-65(79)69(64)76)55-38-30-50(31-39-55)72(7,8)9/h18-46H,1-17H3. The van der Waals surface area contributed by atoms with Crippen molar-refractivity contribution < 1.29 is 0 Å². The second-order valence-corrected chi connectivity index (χ2v) is 28.8. The molecule has 0 fully saturated rings. The number of anilines is 9. The molecule has 12 rings (SSSR count). The third-order valence-electron chi connectivity index (χ3n) is 17.8. The van der Waals surface area contributed by atoms with E-state index in [1.165, 1.54) is 111 Å². The van der Waals surface area contributed by atoms with Gasteiger partial charge in [-0.05, 0) is 172 Å². The van der Waals surface area contributed by atoms with E-state index in [0.717, 1.165) is 17.1 Å². The summed E-state index contributed by atoms with van der Waals surface area (Å²) >= 11 is 0. The molecule has 4 heteroatoms. The van der Waals surface area contributed by atoms with Gasteiger partial charge in [-0.25, -0.2) is 0 Å². The highest BCUT2D eigenvalue weighted by molar-refractivity contribution is 7.00. The normalized spacial score (nSPS) is 14.7. The van der Waals surface area contributed by atoms with Crippen LogP contribution in [0.4, 0.5) is 51.2 Å². The van der Waals surface area contributed by atoms with Crippen molar-refractivity contribution in [2.24, 2.45) is 0 Å². The van der Waals surface area contributed by atoms with Crippen LogP contribution in [-0.2, 0) is 32.5 Å². The molecule has 9 aromatic carbocycles. The van der Waals surface area contributed by atoms with Gasteiger partial charge in [0, 0.05) is 56.5 Å². The number of hydrogen-bond acceptors (Lipinski definition) is 3. The van der Waals surface area contributed by atoms with E-state index in [0.29, 0.717) is 0 Å². The molecule has 0 unspecified atom stereocenters. The van der Waals surface area contributed by atoms with Crippen LogP contribution in [0.2, 0.25) is 0 Å². The fraction of sp³-hybridized carbons (Fsp3) is 0.307. The van der Waals surface area contributed by atoms with Crippen LogP contribution in [0.15, 0.2) is 176 Å². The highest BCUT2D eigenvalue weighted by Crippen LogP contribution is 2.59. The summed E-state index contributed by atoms with van der Waals surface area (Å²) in [5, 5.41) is 2.58. The zero-order chi connectivity index (χ0) is 56.1. The van der Waals surface area contributed by atoms with Crippen LogP contribution in [0.3, 0.4) is 0 Å². The molecular weight excluding hydrogens is 954 g/mol. The van der Waals surface area contributed by atoms with E-state index in [-0.39, 0.29) is 39.2 Å². The predicted octanol–water partition coefficient (Wildman–Crippen LogP) is 19.2. The first-order valence-corrected chi connectivity index (χ1v) is 29.0. The second-order valence-electron chi connectivity index (χ2n) is 28.8. The fourth-order valence-corrected chi connectivity index (χ4v) is 13.2. The lowest BCUT2D eigenvalue weighted by molar-refractivity contribution is 0.590. The van der Waals surface area contributed by atoms with E-state index in [1.54, 1.807) is 0 Å². The molecule has 0 aromatic heterocycles. The highest BCUT2D eigenvalue weighted by atomic mass is 15.2. The van der Waals surface area contributed by atoms with Crippen molar-refractivity contribution >= 4 is 85.1 Å². The molecule has 0 spiro atoms. The summed E-state index contributed by atoms with van der Waals surface area (Å²) in [5.41, 5.74) is 26.2. The largest absolute Gasteiger partial charge is 0.311 e. The van der Waals surface area contributed by atoms with Crippen LogP contribution in [0, 0.1) is 0 Å². The third kappa shape index (κ3) is 8.63. The Labute approximate surface area is 473 Å². The van der Waals surface area contributed by atoms with Gasteiger partial charge in [-0.15, -0.1) is 0 Å². The van der Waals surface area contributed by atoms with Crippen LogP contribution >= 0.6 is 0 Å². The van der Waals surface area contributed by atoms with E-state index in [2.05, 4.69) is 308 Å². The van der Waals surface area contributed by atoms with E-state index in [9.17, 15) is 0 Å². The Kier molecular flexibility index (Phi) is 11.8. The molecule has 0 saturated carbocycles. The quantitative estimate of drug-likeness (QED) is 0.159. The fourth-order valence-electron chi connectivity index (χ4n) is 13.2. The van der Waals surface area contributed by atoms with Crippen molar-refractivity contribution in [3.63, 3.8) is 0 Å². The summed E-state index contributed by atoms with van der Waals surface area (Å²) in [4.78, 5) is 7.76. The number of benzene rings is 9. The molecule has 398 valence electrons. The van der Waals surface area contributed by atoms with Gasteiger partial charge in [0.05, 0.1) is 5.69 Å². The summed E-state index contributed by atoms with van der Waals surface area (Å²) < 4.78 is 0.